The molecule has 0 aromatic heterocycles. The molecule has 0 radical (unpaired) electrons. The third kappa shape index (κ3) is 4.79. The van der Waals surface area contributed by atoms with Gasteiger partial charge in [0.25, 0.3) is 10.0 Å². The molecule has 0 amide bonds. The maximum absolute atomic E-state index is 12.7. The second-order valence-corrected chi connectivity index (χ2v) is 9.13. The molecule has 0 unspecified atom stereocenters. The summed E-state index contributed by atoms with van der Waals surface area (Å²) in [5, 5.41) is 3.47. The topological polar surface area (TPSA) is 58.2 Å². The van der Waals surface area contributed by atoms with Crippen molar-refractivity contribution in [2.45, 2.75) is 50.0 Å². The van der Waals surface area contributed by atoms with E-state index in [-0.39, 0.29) is 0 Å². The molecule has 0 saturated heterocycles. The number of hydrogen-bond acceptors (Lipinski definition) is 3. The van der Waals surface area contributed by atoms with Crippen molar-refractivity contribution in [3.05, 3.63) is 71.8 Å². The van der Waals surface area contributed by atoms with Gasteiger partial charge in [0.1, 0.15) is 0 Å². The van der Waals surface area contributed by atoms with Crippen LogP contribution in [0.3, 0.4) is 0 Å². The Morgan fingerprint density at radius 1 is 1.15 bits per heavy atom. The molecule has 1 aliphatic carbocycles. The van der Waals surface area contributed by atoms with Crippen molar-refractivity contribution >= 4 is 15.7 Å². The summed E-state index contributed by atoms with van der Waals surface area (Å²) >= 11 is 0. The third-order valence-corrected chi connectivity index (χ3v) is 6.49. The summed E-state index contributed by atoms with van der Waals surface area (Å²) in [7, 11) is -3.58. The van der Waals surface area contributed by atoms with Crippen LogP contribution < -0.4 is 10.0 Å². The Hall–Kier alpha value is -2.11. The number of hydrogen-bond donors (Lipinski definition) is 2. The quantitative estimate of drug-likeness (QED) is 0.702. The first-order valence-electron chi connectivity index (χ1n) is 9.48. The van der Waals surface area contributed by atoms with Crippen LogP contribution in [0.15, 0.2) is 60.0 Å². The van der Waals surface area contributed by atoms with Gasteiger partial charge < -0.3 is 5.32 Å². The Bertz CT molecular complexity index is 902. The van der Waals surface area contributed by atoms with Gasteiger partial charge >= 0.3 is 0 Å². The molecule has 0 heterocycles. The van der Waals surface area contributed by atoms with Crippen molar-refractivity contribution in [3.8, 4) is 0 Å². The minimum absolute atomic E-state index is 0.290. The van der Waals surface area contributed by atoms with Crippen LogP contribution in [-0.2, 0) is 22.9 Å². The van der Waals surface area contributed by atoms with E-state index >= 15 is 0 Å². The van der Waals surface area contributed by atoms with Crippen molar-refractivity contribution in [2.24, 2.45) is 0 Å². The molecular weight excluding hydrogens is 356 g/mol. The zero-order valence-corrected chi connectivity index (χ0v) is 16.9. The van der Waals surface area contributed by atoms with E-state index in [4.69, 9.17) is 0 Å². The van der Waals surface area contributed by atoms with Crippen LogP contribution >= 0.6 is 0 Å². The second-order valence-electron chi connectivity index (χ2n) is 7.45. The van der Waals surface area contributed by atoms with Crippen molar-refractivity contribution in [1.29, 1.82) is 0 Å². The fourth-order valence-electron chi connectivity index (χ4n) is 3.49. The molecule has 0 aliphatic heterocycles. The fourth-order valence-corrected chi connectivity index (χ4v) is 4.54. The number of anilines is 1. The van der Waals surface area contributed by atoms with Crippen molar-refractivity contribution < 1.29 is 8.42 Å². The molecule has 2 aromatic carbocycles. The zero-order valence-electron chi connectivity index (χ0n) is 16.0. The predicted octanol–water partition coefficient (Wildman–Crippen LogP) is 4.24. The highest BCUT2D eigenvalue weighted by Crippen LogP contribution is 2.26. The Morgan fingerprint density at radius 3 is 2.56 bits per heavy atom. The second kappa shape index (κ2) is 8.28. The summed E-state index contributed by atoms with van der Waals surface area (Å²) in [6.07, 6.45) is 4.84. The van der Waals surface area contributed by atoms with Crippen molar-refractivity contribution in [1.82, 2.24) is 5.32 Å². The lowest BCUT2D eigenvalue weighted by molar-refractivity contribution is 0.480. The van der Waals surface area contributed by atoms with Crippen LogP contribution in [-0.4, -0.2) is 21.0 Å². The fraction of sp³-hybridized carbons (Fsp3) is 0.364. The predicted molar refractivity (Wildman–Crippen MR) is 112 cm³/mol. The molecule has 0 spiro atoms. The number of nitrogens with one attached hydrogen (secondary N) is 2. The SMILES string of the molecule is C=CCN[C@H]1CCc2cc(NS(=O)(=O)c3ccc(C(C)C)cc3)ccc2C1. The summed E-state index contributed by atoms with van der Waals surface area (Å²) < 4.78 is 28.1. The standard InChI is InChI=1S/C22H28N2O2S/c1-4-13-23-20-9-5-19-15-21(10-6-18(19)14-20)24-27(25,26)22-11-7-17(8-12-22)16(2)3/h4,6-8,10-12,15-16,20,23-24H,1,5,9,13-14H2,2-3H3/t20-/m0/s1. The van der Waals surface area contributed by atoms with Crippen LogP contribution in [0.5, 0.6) is 0 Å². The van der Waals surface area contributed by atoms with Gasteiger partial charge in [0.05, 0.1) is 4.90 Å². The highest BCUT2D eigenvalue weighted by atomic mass is 32.2. The first-order valence-corrected chi connectivity index (χ1v) is 11.0. The van der Waals surface area contributed by atoms with Gasteiger partial charge in [-0.15, -0.1) is 6.58 Å². The molecule has 27 heavy (non-hydrogen) atoms. The molecule has 4 nitrogen and oxygen atoms in total. The normalized spacial score (nSPS) is 16.8. The van der Waals surface area contributed by atoms with E-state index < -0.39 is 10.0 Å². The van der Waals surface area contributed by atoms with Gasteiger partial charge in [0.2, 0.25) is 0 Å². The smallest absolute Gasteiger partial charge is 0.261 e. The molecule has 0 bridgehead atoms. The van der Waals surface area contributed by atoms with Crippen molar-refractivity contribution in [3.63, 3.8) is 0 Å². The summed E-state index contributed by atoms with van der Waals surface area (Å²) in [5.74, 6) is 0.375. The minimum atomic E-state index is -3.58. The molecule has 2 N–H and O–H groups in total. The van der Waals surface area contributed by atoms with Crippen LogP contribution in [0, 0.1) is 0 Å². The molecule has 5 heteroatoms. The summed E-state index contributed by atoms with van der Waals surface area (Å²) in [6.45, 7) is 8.74. The molecule has 0 fully saturated rings. The maximum Gasteiger partial charge on any atom is 0.261 e. The number of aryl methyl sites for hydroxylation is 1. The average Bonchev–Trinajstić information content (AvgIpc) is 2.66. The van der Waals surface area contributed by atoms with Gasteiger partial charge in [-0.25, -0.2) is 8.42 Å². The molecule has 2 aromatic rings. The van der Waals surface area contributed by atoms with Gasteiger partial charge in [-0.3, -0.25) is 4.72 Å². The highest BCUT2D eigenvalue weighted by Gasteiger charge is 2.20. The molecule has 0 saturated carbocycles. The van der Waals surface area contributed by atoms with E-state index in [1.807, 2.05) is 36.4 Å². The van der Waals surface area contributed by atoms with E-state index in [0.717, 1.165) is 31.4 Å². The van der Waals surface area contributed by atoms with Crippen LogP contribution in [0.4, 0.5) is 5.69 Å². The molecule has 1 aliphatic rings. The monoisotopic (exact) mass is 384 g/mol. The number of rotatable bonds is 7. The van der Waals surface area contributed by atoms with Gasteiger partial charge in [0, 0.05) is 18.3 Å². The van der Waals surface area contributed by atoms with Gasteiger partial charge in [-0.1, -0.05) is 38.1 Å². The lowest BCUT2D eigenvalue weighted by Gasteiger charge is -2.25. The number of sulfonamides is 1. The lowest BCUT2D eigenvalue weighted by atomic mass is 9.88. The van der Waals surface area contributed by atoms with Crippen LogP contribution in [0.2, 0.25) is 0 Å². The van der Waals surface area contributed by atoms with Gasteiger partial charge in [0.15, 0.2) is 0 Å². The van der Waals surface area contributed by atoms with E-state index in [9.17, 15) is 8.42 Å². The highest BCUT2D eigenvalue weighted by molar-refractivity contribution is 7.92. The lowest BCUT2D eigenvalue weighted by Crippen LogP contribution is -2.34. The number of fused-ring (bicyclic) bond motifs is 1. The van der Waals surface area contributed by atoms with Gasteiger partial charge in [-0.2, -0.15) is 0 Å². The van der Waals surface area contributed by atoms with Crippen molar-refractivity contribution in [2.75, 3.05) is 11.3 Å². The minimum Gasteiger partial charge on any atom is -0.310 e. The summed E-state index contributed by atoms with van der Waals surface area (Å²) in [6, 6.07) is 13.4. The Balaban J connectivity index is 1.73. The summed E-state index contributed by atoms with van der Waals surface area (Å²) in [5.41, 5.74) is 4.26. The Morgan fingerprint density at radius 2 is 1.89 bits per heavy atom. The van der Waals surface area contributed by atoms with E-state index in [0.29, 0.717) is 22.5 Å². The average molecular weight is 385 g/mol. The first kappa shape index (κ1) is 19.6. The maximum atomic E-state index is 12.7. The molecule has 144 valence electrons. The Labute approximate surface area is 162 Å². The van der Waals surface area contributed by atoms with Gasteiger partial charge in [-0.05, 0) is 66.1 Å². The largest absolute Gasteiger partial charge is 0.310 e. The first-order chi connectivity index (χ1) is 12.9. The third-order valence-electron chi connectivity index (χ3n) is 5.09. The van der Waals surface area contributed by atoms with E-state index in [2.05, 4.69) is 30.5 Å². The zero-order chi connectivity index (χ0) is 19.4. The van der Waals surface area contributed by atoms with E-state index in [1.54, 1.807) is 12.1 Å². The molecule has 3 rings (SSSR count). The Kier molecular flexibility index (Phi) is 6.02. The molecular formula is C22H28N2O2S. The summed E-state index contributed by atoms with van der Waals surface area (Å²) in [4.78, 5) is 0.290. The molecule has 1 atom stereocenters. The van der Waals surface area contributed by atoms with E-state index in [1.165, 1.54) is 11.1 Å². The van der Waals surface area contributed by atoms with Crippen LogP contribution in [0.25, 0.3) is 0 Å². The van der Waals surface area contributed by atoms with Crippen LogP contribution in [0.1, 0.15) is 42.9 Å². The number of benzene rings is 2.